The minimum Gasteiger partial charge on any atom is -0.344 e. The summed E-state index contributed by atoms with van der Waals surface area (Å²) in [5, 5.41) is 2.98. The normalized spacial score (nSPS) is 14.1. The van der Waals surface area contributed by atoms with Crippen molar-refractivity contribution in [2.24, 2.45) is 0 Å². The number of rotatable bonds is 4. The van der Waals surface area contributed by atoms with Crippen LogP contribution in [0.25, 0.3) is 5.69 Å². The highest BCUT2D eigenvalue weighted by atomic mass is 79.9. The van der Waals surface area contributed by atoms with Gasteiger partial charge in [0.25, 0.3) is 5.91 Å². The van der Waals surface area contributed by atoms with Gasteiger partial charge in [0.1, 0.15) is 12.0 Å². The van der Waals surface area contributed by atoms with E-state index in [2.05, 4.69) is 26.2 Å². The first-order valence-corrected chi connectivity index (χ1v) is 9.72. The first kappa shape index (κ1) is 18.4. The van der Waals surface area contributed by atoms with Gasteiger partial charge in [-0.1, -0.05) is 28.1 Å². The third-order valence-corrected chi connectivity index (χ3v) is 5.50. The summed E-state index contributed by atoms with van der Waals surface area (Å²) >= 11 is 3.41. The van der Waals surface area contributed by atoms with Crippen LogP contribution in [0.1, 0.15) is 34.6 Å². The molecule has 1 aliphatic heterocycles. The number of likely N-dealkylation sites (N-methyl/N-ethyl adjacent to an activating group) is 1. The topological polar surface area (TPSA) is 67.2 Å². The fourth-order valence-corrected chi connectivity index (χ4v) is 3.57. The molecular formula is C21H19BrN4O2. The largest absolute Gasteiger partial charge is 0.344 e. The molecule has 2 aromatic carbocycles. The van der Waals surface area contributed by atoms with Crippen LogP contribution in [0.3, 0.4) is 0 Å². The number of hydrogen-bond donors (Lipinski definition) is 1. The lowest BCUT2D eigenvalue weighted by molar-refractivity contribution is -0.117. The number of halogens is 1. The van der Waals surface area contributed by atoms with Gasteiger partial charge in [0, 0.05) is 29.1 Å². The molecule has 1 unspecified atom stereocenters. The summed E-state index contributed by atoms with van der Waals surface area (Å²) in [6.45, 7) is 1.92. The number of fused-ring (bicyclic) bond motifs is 1. The van der Waals surface area contributed by atoms with E-state index in [0.717, 1.165) is 27.0 Å². The molecule has 0 fully saturated rings. The van der Waals surface area contributed by atoms with Crippen LogP contribution in [0.15, 0.2) is 59.5 Å². The lowest BCUT2D eigenvalue weighted by Gasteiger charge is -2.16. The van der Waals surface area contributed by atoms with Crippen LogP contribution >= 0.6 is 15.9 Å². The highest BCUT2D eigenvalue weighted by molar-refractivity contribution is 9.10. The maximum absolute atomic E-state index is 12.6. The average Bonchev–Trinajstić information content (AvgIpc) is 3.28. The third-order valence-electron chi connectivity index (χ3n) is 4.97. The van der Waals surface area contributed by atoms with E-state index in [0.29, 0.717) is 12.1 Å². The monoisotopic (exact) mass is 438 g/mol. The van der Waals surface area contributed by atoms with Crippen molar-refractivity contribution in [3.63, 3.8) is 0 Å². The molecule has 0 saturated heterocycles. The minimum atomic E-state index is -0.239. The van der Waals surface area contributed by atoms with E-state index in [4.69, 9.17) is 0 Å². The molecule has 1 N–H and O–H groups in total. The van der Waals surface area contributed by atoms with Crippen molar-refractivity contribution >= 4 is 33.4 Å². The summed E-state index contributed by atoms with van der Waals surface area (Å²) in [7, 11) is 1.78. The van der Waals surface area contributed by atoms with Crippen LogP contribution in [0.2, 0.25) is 0 Å². The maximum atomic E-state index is 12.6. The van der Waals surface area contributed by atoms with Crippen molar-refractivity contribution in [2.75, 3.05) is 11.9 Å². The molecule has 0 bridgehead atoms. The first-order valence-electron chi connectivity index (χ1n) is 8.92. The van der Waals surface area contributed by atoms with Crippen molar-refractivity contribution in [1.29, 1.82) is 0 Å². The van der Waals surface area contributed by atoms with E-state index in [9.17, 15) is 9.59 Å². The molecule has 0 aliphatic carbocycles. The highest BCUT2D eigenvalue weighted by Crippen LogP contribution is 2.30. The SMILES string of the molecule is CC(NC(=O)c1cn(-c2ccc(Br)cc2)cn1)c1ccc2c(c1)CC(=O)N2C. The van der Waals surface area contributed by atoms with Crippen molar-refractivity contribution in [1.82, 2.24) is 14.9 Å². The van der Waals surface area contributed by atoms with Gasteiger partial charge in [0.2, 0.25) is 5.91 Å². The Labute approximate surface area is 171 Å². The Balaban J connectivity index is 1.48. The Morgan fingerprint density at radius 2 is 1.96 bits per heavy atom. The van der Waals surface area contributed by atoms with E-state index in [1.165, 1.54) is 0 Å². The third kappa shape index (κ3) is 3.45. The van der Waals surface area contributed by atoms with Gasteiger partial charge in [0.15, 0.2) is 0 Å². The van der Waals surface area contributed by atoms with Gasteiger partial charge < -0.3 is 14.8 Å². The second-order valence-corrected chi connectivity index (χ2v) is 7.77. The predicted octanol–water partition coefficient (Wildman–Crippen LogP) is 3.64. The Hall–Kier alpha value is -2.93. The van der Waals surface area contributed by atoms with Gasteiger partial charge in [-0.15, -0.1) is 0 Å². The zero-order valence-corrected chi connectivity index (χ0v) is 17.1. The molecule has 4 rings (SSSR count). The van der Waals surface area contributed by atoms with Crippen LogP contribution in [0.5, 0.6) is 0 Å². The molecule has 28 heavy (non-hydrogen) atoms. The first-order chi connectivity index (χ1) is 13.4. The molecule has 1 aromatic heterocycles. The second-order valence-electron chi connectivity index (χ2n) is 6.86. The fraction of sp³-hybridized carbons (Fsp3) is 0.190. The number of imidazole rings is 1. The zero-order chi connectivity index (χ0) is 19.8. The van der Waals surface area contributed by atoms with Gasteiger partial charge in [-0.05, 0) is 48.4 Å². The number of aromatic nitrogens is 2. The van der Waals surface area contributed by atoms with Gasteiger partial charge in [-0.25, -0.2) is 4.98 Å². The summed E-state index contributed by atoms with van der Waals surface area (Å²) < 4.78 is 2.80. The standard InChI is InChI=1S/C21H19BrN4O2/c1-13(14-3-8-19-15(9-14)10-20(27)25(19)2)24-21(28)18-11-26(12-23-18)17-6-4-16(22)5-7-17/h3-9,11-13H,10H2,1-2H3,(H,24,28). The van der Waals surface area contributed by atoms with Gasteiger partial charge in [-0.2, -0.15) is 0 Å². The molecule has 0 saturated carbocycles. The smallest absolute Gasteiger partial charge is 0.271 e. The van der Waals surface area contributed by atoms with Crippen molar-refractivity contribution < 1.29 is 9.59 Å². The molecule has 7 heteroatoms. The lowest BCUT2D eigenvalue weighted by Crippen LogP contribution is -2.27. The average molecular weight is 439 g/mol. The van der Waals surface area contributed by atoms with Crippen molar-refractivity contribution in [3.05, 3.63) is 76.3 Å². The van der Waals surface area contributed by atoms with Crippen molar-refractivity contribution in [3.8, 4) is 5.69 Å². The number of nitrogens with zero attached hydrogens (tertiary/aromatic N) is 3. The summed E-state index contributed by atoms with van der Waals surface area (Å²) in [5.74, 6) is -0.153. The fourth-order valence-electron chi connectivity index (χ4n) is 3.31. The van der Waals surface area contributed by atoms with Crippen LogP contribution in [-0.4, -0.2) is 28.4 Å². The summed E-state index contributed by atoms with van der Waals surface area (Å²) in [4.78, 5) is 30.4. The van der Waals surface area contributed by atoms with E-state index >= 15 is 0 Å². The van der Waals surface area contributed by atoms with Gasteiger partial charge in [-0.3, -0.25) is 9.59 Å². The summed E-state index contributed by atoms with van der Waals surface area (Å²) in [6, 6.07) is 13.4. The van der Waals surface area contributed by atoms with Gasteiger partial charge in [0.05, 0.1) is 12.5 Å². The molecule has 1 aliphatic rings. The number of nitrogens with one attached hydrogen (secondary N) is 1. The molecule has 1 atom stereocenters. The molecule has 0 spiro atoms. The Morgan fingerprint density at radius 3 is 2.71 bits per heavy atom. The van der Waals surface area contributed by atoms with E-state index in [1.807, 2.05) is 54.0 Å². The number of hydrogen-bond acceptors (Lipinski definition) is 3. The molecule has 2 amide bonds. The molecule has 3 aromatic rings. The molecule has 6 nitrogen and oxygen atoms in total. The second kappa shape index (κ2) is 7.24. The Bertz CT molecular complexity index is 1060. The molecule has 2 heterocycles. The van der Waals surface area contributed by atoms with E-state index < -0.39 is 0 Å². The van der Waals surface area contributed by atoms with Crippen LogP contribution in [0.4, 0.5) is 5.69 Å². The van der Waals surface area contributed by atoms with E-state index in [1.54, 1.807) is 24.5 Å². The number of amides is 2. The number of carbonyl (C=O) groups excluding carboxylic acids is 2. The Kier molecular flexibility index (Phi) is 4.77. The number of carbonyl (C=O) groups is 2. The Morgan fingerprint density at radius 1 is 1.21 bits per heavy atom. The van der Waals surface area contributed by atoms with Crippen LogP contribution in [-0.2, 0) is 11.2 Å². The zero-order valence-electron chi connectivity index (χ0n) is 15.5. The van der Waals surface area contributed by atoms with Crippen molar-refractivity contribution in [2.45, 2.75) is 19.4 Å². The van der Waals surface area contributed by atoms with Crippen LogP contribution < -0.4 is 10.2 Å². The lowest BCUT2D eigenvalue weighted by atomic mass is 10.0. The quantitative estimate of drug-likeness (QED) is 0.675. The van der Waals surface area contributed by atoms with Crippen LogP contribution in [0, 0.1) is 0 Å². The number of benzene rings is 2. The maximum Gasteiger partial charge on any atom is 0.271 e. The summed E-state index contributed by atoms with van der Waals surface area (Å²) in [6.07, 6.45) is 3.74. The molecular weight excluding hydrogens is 420 g/mol. The molecule has 0 radical (unpaired) electrons. The minimum absolute atomic E-state index is 0.0855. The predicted molar refractivity (Wildman–Crippen MR) is 111 cm³/mol. The number of anilines is 1. The van der Waals surface area contributed by atoms with E-state index in [-0.39, 0.29) is 17.9 Å². The van der Waals surface area contributed by atoms with Gasteiger partial charge >= 0.3 is 0 Å². The molecule has 142 valence electrons. The summed E-state index contributed by atoms with van der Waals surface area (Å²) in [5.41, 5.74) is 4.16. The highest BCUT2D eigenvalue weighted by Gasteiger charge is 2.25.